The molecule has 0 saturated carbocycles. The average Bonchev–Trinajstić information content (AvgIpc) is 3.05. The molecular weight excluding hydrogens is 559 g/mol. The van der Waals surface area contributed by atoms with Crippen molar-refractivity contribution < 1.29 is 0 Å². The summed E-state index contributed by atoms with van der Waals surface area (Å²) in [5.41, 5.74) is 0. The van der Waals surface area contributed by atoms with E-state index in [1.807, 2.05) is 0 Å². The Bertz CT molecular complexity index is 444. The molecule has 0 aromatic heterocycles. The maximum absolute atomic E-state index is 2.59. The van der Waals surface area contributed by atoms with Crippen LogP contribution in [0, 0.1) is 0 Å². The lowest BCUT2D eigenvalue weighted by Crippen LogP contribution is -2.11. The molecule has 0 nitrogen and oxygen atoms in total. The standard InChI is InChI=1S/C44H92P/c1-5-9-12-15-18-21-24-27-30-33-36-39-42-45(8-4,43-40-37-34-31-28-25-22-19-16-13-10-6-2)44-41-38-35-32-29-26-23-20-17-14-11-7-3/h5-44H2,1-4H3/q+1. The third-order valence-electron chi connectivity index (χ3n) is 11.1. The Kier molecular flexibility index (Phi) is 39.2. The molecule has 0 amide bonds. The summed E-state index contributed by atoms with van der Waals surface area (Å²) in [5, 5.41) is 0. The Morgan fingerprint density at radius 2 is 0.356 bits per heavy atom. The molecule has 0 aromatic carbocycles. The van der Waals surface area contributed by atoms with Crippen molar-refractivity contribution in [3.63, 3.8) is 0 Å². The second-order valence-electron chi connectivity index (χ2n) is 15.5. The molecule has 0 bridgehead atoms. The van der Waals surface area contributed by atoms with Gasteiger partial charge in [0, 0.05) is 7.26 Å². The zero-order valence-corrected chi connectivity index (χ0v) is 33.6. The SMILES string of the molecule is CCCCCCCCCCCCCC[P+](CC)(CCCCCCCCCCCCCC)CCCCCCCCCCCCCC. The lowest BCUT2D eigenvalue weighted by atomic mass is 10.1. The van der Waals surface area contributed by atoms with Gasteiger partial charge in [-0.1, -0.05) is 213 Å². The Balaban J connectivity index is 4.21. The topological polar surface area (TPSA) is 0 Å². The molecule has 0 heterocycles. The fourth-order valence-corrected chi connectivity index (χ4v) is 12.0. The Morgan fingerprint density at radius 1 is 0.200 bits per heavy atom. The van der Waals surface area contributed by atoms with Crippen molar-refractivity contribution in [2.24, 2.45) is 0 Å². The minimum absolute atomic E-state index is 0.717. The van der Waals surface area contributed by atoms with E-state index in [1.54, 1.807) is 43.9 Å². The molecule has 0 unspecified atom stereocenters. The Hall–Kier alpha value is 0.430. The summed E-state index contributed by atoms with van der Waals surface area (Å²) in [6.45, 7) is 9.57. The van der Waals surface area contributed by atoms with Crippen molar-refractivity contribution in [1.82, 2.24) is 0 Å². The minimum Gasteiger partial charge on any atom is -0.0654 e. The van der Waals surface area contributed by atoms with E-state index in [4.69, 9.17) is 0 Å². The van der Waals surface area contributed by atoms with E-state index < -0.39 is 7.26 Å². The molecule has 0 N–H and O–H groups in total. The third-order valence-corrected chi connectivity index (χ3v) is 16.3. The molecule has 0 aliphatic rings. The van der Waals surface area contributed by atoms with E-state index in [-0.39, 0.29) is 0 Å². The second-order valence-corrected chi connectivity index (χ2v) is 20.2. The normalized spacial score (nSPS) is 12.0. The summed E-state index contributed by atoms with van der Waals surface area (Å²) >= 11 is 0. The van der Waals surface area contributed by atoms with Crippen LogP contribution in [0.15, 0.2) is 0 Å². The molecule has 0 atom stereocenters. The highest BCUT2D eigenvalue weighted by Crippen LogP contribution is 2.60. The van der Waals surface area contributed by atoms with Crippen molar-refractivity contribution in [2.75, 3.05) is 24.6 Å². The molecule has 45 heavy (non-hydrogen) atoms. The van der Waals surface area contributed by atoms with Crippen LogP contribution in [0.4, 0.5) is 0 Å². The lowest BCUT2D eigenvalue weighted by Gasteiger charge is -2.27. The van der Waals surface area contributed by atoms with Gasteiger partial charge in [0.25, 0.3) is 0 Å². The quantitative estimate of drug-likeness (QED) is 0.0457. The predicted molar refractivity (Wildman–Crippen MR) is 215 cm³/mol. The van der Waals surface area contributed by atoms with Crippen LogP contribution < -0.4 is 0 Å². The zero-order valence-electron chi connectivity index (χ0n) is 32.7. The highest BCUT2D eigenvalue weighted by molar-refractivity contribution is 7.75. The van der Waals surface area contributed by atoms with Gasteiger partial charge in [0.2, 0.25) is 0 Å². The Morgan fingerprint density at radius 3 is 0.511 bits per heavy atom. The monoisotopic (exact) mass is 652 g/mol. The van der Waals surface area contributed by atoms with Crippen molar-refractivity contribution in [3.8, 4) is 0 Å². The van der Waals surface area contributed by atoms with Gasteiger partial charge in [0.05, 0.1) is 24.6 Å². The smallest absolute Gasteiger partial charge is 0.0594 e. The number of hydrogen-bond acceptors (Lipinski definition) is 0. The summed E-state index contributed by atoms with van der Waals surface area (Å²) in [6.07, 6.45) is 60.0. The fraction of sp³-hybridized carbons (Fsp3) is 1.00. The fourth-order valence-electron chi connectivity index (χ4n) is 7.67. The molecule has 0 spiro atoms. The van der Waals surface area contributed by atoms with Crippen molar-refractivity contribution >= 4 is 7.26 Å². The van der Waals surface area contributed by atoms with Gasteiger partial charge in [-0.05, 0) is 45.4 Å². The summed E-state index contributed by atoms with van der Waals surface area (Å²) < 4.78 is 0. The van der Waals surface area contributed by atoms with Gasteiger partial charge in [-0.3, -0.25) is 0 Å². The molecule has 0 aliphatic carbocycles. The van der Waals surface area contributed by atoms with Gasteiger partial charge in [-0.2, -0.15) is 0 Å². The average molecular weight is 652 g/mol. The first-order valence-corrected chi connectivity index (χ1v) is 24.6. The zero-order chi connectivity index (χ0) is 32.8. The van der Waals surface area contributed by atoms with E-state index >= 15 is 0 Å². The second kappa shape index (κ2) is 38.9. The molecule has 1 heteroatoms. The minimum atomic E-state index is -0.717. The first kappa shape index (κ1) is 45.4. The molecule has 0 radical (unpaired) electrons. The summed E-state index contributed by atoms with van der Waals surface area (Å²) in [6, 6.07) is 0. The van der Waals surface area contributed by atoms with Gasteiger partial charge in [0.15, 0.2) is 0 Å². The van der Waals surface area contributed by atoms with Crippen LogP contribution in [-0.2, 0) is 0 Å². The van der Waals surface area contributed by atoms with E-state index in [2.05, 4.69) is 27.7 Å². The maximum Gasteiger partial charge on any atom is 0.0594 e. The first-order chi connectivity index (χ1) is 22.2. The van der Waals surface area contributed by atoms with Crippen LogP contribution in [0.3, 0.4) is 0 Å². The summed E-state index contributed by atoms with van der Waals surface area (Å²) in [7, 11) is -0.717. The molecular formula is C44H92P+. The molecule has 0 saturated heterocycles. The molecule has 0 rings (SSSR count). The highest BCUT2D eigenvalue weighted by Gasteiger charge is 2.33. The van der Waals surface area contributed by atoms with Crippen molar-refractivity contribution in [1.29, 1.82) is 0 Å². The van der Waals surface area contributed by atoms with Gasteiger partial charge < -0.3 is 0 Å². The van der Waals surface area contributed by atoms with E-state index in [0.717, 1.165) is 0 Å². The van der Waals surface area contributed by atoms with E-state index in [0.29, 0.717) is 0 Å². The van der Waals surface area contributed by atoms with Gasteiger partial charge >= 0.3 is 0 Å². The third kappa shape index (κ3) is 34.1. The first-order valence-electron chi connectivity index (χ1n) is 22.1. The van der Waals surface area contributed by atoms with Crippen molar-refractivity contribution in [2.45, 2.75) is 259 Å². The predicted octanol–water partition coefficient (Wildman–Crippen LogP) is 17.1. The summed E-state index contributed by atoms with van der Waals surface area (Å²) in [4.78, 5) is 0. The van der Waals surface area contributed by atoms with E-state index in [1.165, 1.54) is 212 Å². The number of unbranched alkanes of at least 4 members (excludes halogenated alkanes) is 33. The van der Waals surface area contributed by atoms with Crippen LogP contribution in [0.2, 0.25) is 0 Å². The van der Waals surface area contributed by atoms with Gasteiger partial charge in [0.1, 0.15) is 0 Å². The van der Waals surface area contributed by atoms with Crippen molar-refractivity contribution in [3.05, 3.63) is 0 Å². The molecule has 0 aromatic rings. The largest absolute Gasteiger partial charge is 0.0654 e. The van der Waals surface area contributed by atoms with Crippen LogP contribution in [0.5, 0.6) is 0 Å². The van der Waals surface area contributed by atoms with Crippen LogP contribution in [-0.4, -0.2) is 24.6 Å². The molecule has 0 aliphatic heterocycles. The van der Waals surface area contributed by atoms with E-state index in [9.17, 15) is 0 Å². The molecule has 272 valence electrons. The van der Waals surface area contributed by atoms with Crippen LogP contribution in [0.25, 0.3) is 0 Å². The molecule has 0 fully saturated rings. The van der Waals surface area contributed by atoms with Crippen LogP contribution in [0.1, 0.15) is 259 Å². The number of hydrogen-bond donors (Lipinski definition) is 0. The number of rotatable bonds is 40. The maximum atomic E-state index is 2.59. The van der Waals surface area contributed by atoms with Crippen LogP contribution >= 0.6 is 7.26 Å². The van der Waals surface area contributed by atoms with Gasteiger partial charge in [-0.15, -0.1) is 0 Å². The highest BCUT2D eigenvalue weighted by atomic mass is 31.2. The van der Waals surface area contributed by atoms with Gasteiger partial charge in [-0.25, -0.2) is 0 Å². The summed E-state index contributed by atoms with van der Waals surface area (Å²) in [5.74, 6) is 0. The Labute approximate surface area is 290 Å². The lowest BCUT2D eigenvalue weighted by molar-refractivity contribution is 0.546.